The van der Waals surface area contributed by atoms with Crippen molar-refractivity contribution in [2.75, 3.05) is 13.7 Å². The third kappa shape index (κ3) is 5.76. The minimum Gasteiger partial charge on any atom is -0.482 e. The summed E-state index contributed by atoms with van der Waals surface area (Å²) in [4.78, 5) is 28.4. The highest BCUT2D eigenvalue weighted by Gasteiger charge is 2.24. The average molecular weight is 516 g/mol. The zero-order valence-electron chi connectivity index (χ0n) is 14.9. The molecule has 0 atom stereocenters. The van der Waals surface area contributed by atoms with Gasteiger partial charge in [-0.15, -0.1) is 0 Å². The Bertz CT molecular complexity index is 1040. The number of nitrogens with zero attached hydrogens (tertiary/aromatic N) is 1. The number of nitrogens with one attached hydrogen (secondary N) is 1. The molecule has 3 rings (SSSR count). The van der Waals surface area contributed by atoms with Crippen molar-refractivity contribution in [3.8, 4) is 5.75 Å². The molecule has 1 N–H and O–H groups in total. The summed E-state index contributed by atoms with van der Waals surface area (Å²) in [6.45, 7) is -0.208. The Kier molecular flexibility index (Phi) is 7.23. The maximum atomic E-state index is 12.3. The lowest BCUT2D eigenvalue weighted by molar-refractivity contribution is -0.142. The van der Waals surface area contributed by atoms with E-state index in [-0.39, 0.29) is 12.5 Å². The highest BCUT2D eigenvalue weighted by molar-refractivity contribution is 9.10. The summed E-state index contributed by atoms with van der Waals surface area (Å²) in [5, 5.41) is 4.00. The number of ether oxygens (including phenoxy) is 2. The van der Waals surface area contributed by atoms with Gasteiger partial charge in [0.25, 0.3) is 5.91 Å². The van der Waals surface area contributed by atoms with Crippen LogP contribution in [0.3, 0.4) is 0 Å². The first-order chi connectivity index (χ1) is 13.9. The molecule has 0 saturated carbocycles. The molecule has 6 nitrogen and oxygen atoms in total. The highest BCUT2D eigenvalue weighted by atomic mass is 79.9. The van der Waals surface area contributed by atoms with E-state index in [1.807, 2.05) is 0 Å². The Morgan fingerprint density at radius 1 is 1.28 bits per heavy atom. The number of amidine groups is 1. The van der Waals surface area contributed by atoms with Crippen molar-refractivity contribution in [2.24, 2.45) is 4.99 Å². The molecule has 150 valence electrons. The van der Waals surface area contributed by atoms with Crippen LogP contribution in [-0.4, -0.2) is 30.8 Å². The Morgan fingerprint density at radius 2 is 2.07 bits per heavy atom. The Hall–Kier alpha value is -2.00. The molecule has 1 heterocycles. The van der Waals surface area contributed by atoms with Gasteiger partial charge in [0.05, 0.1) is 22.7 Å². The smallest absolute Gasteiger partial charge is 0.343 e. The second kappa shape index (κ2) is 9.67. The van der Waals surface area contributed by atoms with E-state index in [0.29, 0.717) is 37.1 Å². The fraction of sp³-hybridized carbons (Fsp3) is 0.105. The predicted octanol–water partition coefficient (Wildman–Crippen LogP) is 5.20. The van der Waals surface area contributed by atoms with E-state index >= 15 is 0 Å². The van der Waals surface area contributed by atoms with Gasteiger partial charge in [-0.1, -0.05) is 39.1 Å². The zero-order valence-corrected chi connectivity index (χ0v) is 18.8. The summed E-state index contributed by atoms with van der Waals surface area (Å²) in [5.74, 6) is -0.313. The van der Waals surface area contributed by atoms with Crippen LogP contribution in [0.5, 0.6) is 5.75 Å². The van der Waals surface area contributed by atoms with Gasteiger partial charge in [-0.05, 0) is 59.8 Å². The summed E-state index contributed by atoms with van der Waals surface area (Å²) >= 11 is 16.7. The number of aliphatic imine (C=N–C) groups is 1. The van der Waals surface area contributed by atoms with Gasteiger partial charge in [0.15, 0.2) is 11.8 Å². The first-order valence-electron chi connectivity index (χ1n) is 8.09. The standard InChI is InChI=1S/C19H13BrCl2N2O4S/c1-27-17(25)9-28-12-3-4-13(20)10(6-12)7-16-18(26)24-19(29-16)23-15-8-11(21)2-5-14(15)22/h2-8H,9H2,1H3,(H,23,24,26). The van der Waals surface area contributed by atoms with Crippen molar-refractivity contribution in [1.82, 2.24) is 5.32 Å². The zero-order chi connectivity index (χ0) is 21.0. The summed E-state index contributed by atoms with van der Waals surface area (Å²) < 4.78 is 10.7. The maximum Gasteiger partial charge on any atom is 0.343 e. The fourth-order valence-corrected chi connectivity index (χ4v) is 3.74. The van der Waals surface area contributed by atoms with Gasteiger partial charge < -0.3 is 14.8 Å². The van der Waals surface area contributed by atoms with Gasteiger partial charge in [-0.2, -0.15) is 0 Å². The molecule has 0 spiro atoms. The van der Waals surface area contributed by atoms with Crippen LogP contribution in [0.4, 0.5) is 5.69 Å². The van der Waals surface area contributed by atoms with Gasteiger partial charge in [-0.3, -0.25) is 4.79 Å². The topological polar surface area (TPSA) is 77.0 Å². The van der Waals surface area contributed by atoms with Crippen molar-refractivity contribution in [3.05, 3.63) is 61.4 Å². The number of hydrogen-bond acceptors (Lipinski definition) is 6. The third-order valence-corrected chi connectivity index (χ3v) is 5.81. The van der Waals surface area contributed by atoms with E-state index in [4.69, 9.17) is 27.9 Å². The maximum absolute atomic E-state index is 12.3. The first kappa shape index (κ1) is 21.7. The second-order valence-electron chi connectivity index (χ2n) is 5.63. The van der Waals surface area contributed by atoms with Crippen molar-refractivity contribution < 1.29 is 19.1 Å². The van der Waals surface area contributed by atoms with Crippen LogP contribution >= 0.6 is 50.9 Å². The molecule has 1 aliphatic rings. The number of methoxy groups -OCH3 is 1. The van der Waals surface area contributed by atoms with Crippen molar-refractivity contribution in [2.45, 2.75) is 0 Å². The van der Waals surface area contributed by atoms with Crippen molar-refractivity contribution >= 4 is 79.7 Å². The molecule has 1 saturated heterocycles. The molecular formula is C19H13BrCl2N2O4S. The van der Waals surface area contributed by atoms with Crippen LogP contribution in [0.25, 0.3) is 6.08 Å². The molecule has 29 heavy (non-hydrogen) atoms. The summed E-state index contributed by atoms with van der Waals surface area (Å²) in [7, 11) is 1.29. The number of benzene rings is 2. The molecule has 1 aliphatic heterocycles. The Morgan fingerprint density at radius 3 is 2.83 bits per heavy atom. The normalized spacial score (nSPS) is 16.2. The highest BCUT2D eigenvalue weighted by Crippen LogP contribution is 2.34. The molecule has 0 aromatic heterocycles. The molecule has 10 heteroatoms. The minimum absolute atomic E-state index is 0.208. The van der Waals surface area contributed by atoms with Crippen LogP contribution in [0, 0.1) is 0 Å². The predicted molar refractivity (Wildman–Crippen MR) is 119 cm³/mol. The van der Waals surface area contributed by atoms with Crippen LogP contribution in [0.2, 0.25) is 10.0 Å². The number of carbonyl (C=O) groups is 2. The molecule has 2 aromatic carbocycles. The van der Waals surface area contributed by atoms with E-state index in [9.17, 15) is 9.59 Å². The van der Waals surface area contributed by atoms with E-state index < -0.39 is 5.97 Å². The SMILES string of the molecule is COC(=O)COc1ccc(Br)c(C=C2SC(=Nc3cc(Cl)ccc3Cl)NC2=O)c1. The van der Waals surface area contributed by atoms with Gasteiger partial charge in [0.1, 0.15) is 5.75 Å². The first-order valence-corrected chi connectivity index (χ1v) is 10.5. The number of amides is 1. The summed E-state index contributed by atoms with van der Waals surface area (Å²) in [6.07, 6.45) is 1.69. The minimum atomic E-state index is -0.487. The Balaban J connectivity index is 1.82. The summed E-state index contributed by atoms with van der Waals surface area (Å²) in [6, 6.07) is 10.1. The number of rotatable bonds is 5. The number of carbonyl (C=O) groups excluding carboxylic acids is 2. The lowest BCUT2D eigenvalue weighted by Gasteiger charge is -2.07. The molecule has 0 bridgehead atoms. The average Bonchev–Trinajstić information content (AvgIpc) is 3.03. The molecule has 1 amide bonds. The number of halogens is 3. The van der Waals surface area contributed by atoms with Crippen LogP contribution in [-0.2, 0) is 14.3 Å². The number of thioether (sulfide) groups is 1. The third-order valence-electron chi connectivity index (χ3n) is 3.62. The monoisotopic (exact) mass is 514 g/mol. The summed E-state index contributed by atoms with van der Waals surface area (Å²) in [5.41, 5.74) is 1.16. The van der Waals surface area contributed by atoms with Crippen LogP contribution < -0.4 is 10.1 Å². The molecule has 0 radical (unpaired) electrons. The van der Waals surface area contributed by atoms with Crippen LogP contribution in [0.1, 0.15) is 5.56 Å². The lowest BCUT2D eigenvalue weighted by atomic mass is 10.2. The molecular weight excluding hydrogens is 503 g/mol. The van der Waals surface area contributed by atoms with E-state index in [2.05, 4.69) is 31.0 Å². The molecule has 1 fully saturated rings. The quantitative estimate of drug-likeness (QED) is 0.437. The fourth-order valence-electron chi connectivity index (χ4n) is 2.23. The molecule has 0 unspecified atom stereocenters. The van der Waals surface area contributed by atoms with Gasteiger partial charge in [0, 0.05) is 9.50 Å². The van der Waals surface area contributed by atoms with E-state index in [1.54, 1.807) is 42.5 Å². The van der Waals surface area contributed by atoms with Gasteiger partial charge in [-0.25, -0.2) is 9.79 Å². The molecule has 0 aliphatic carbocycles. The number of esters is 1. The number of hydrogen-bond donors (Lipinski definition) is 1. The Labute approximate surface area is 189 Å². The second-order valence-corrected chi connectivity index (χ2v) is 8.35. The van der Waals surface area contributed by atoms with E-state index in [1.165, 1.54) is 18.9 Å². The van der Waals surface area contributed by atoms with Crippen molar-refractivity contribution in [1.29, 1.82) is 0 Å². The largest absolute Gasteiger partial charge is 0.482 e. The molecule has 2 aromatic rings. The van der Waals surface area contributed by atoms with Crippen molar-refractivity contribution in [3.63, 3.8) is 0 Å². The van der Waals surface area contributed by atoms with Crippen LogP contribution in [0.15, 0.2) is 50.8 Å². The van der Waals surface area contributed by atoms with Gasteiger partial charge in [0.2, 0.25) is 0 Å². The van der Waals surface area contributed by atoms with E-state index in [0.717, 1.165) is 4.47 Å². The lowest BCUT2D eigenvalue weighted by Crippen LogP contribution is -2.19. The van der Waals surface area contributed by atoms with Gasteiger partial charge >= 0.3 is 5.97 Å².